The van der Waals surface area contributed by atoms with E-state index in [0.29, 0.717) is 37.9 Å². The molecule has 0 bridgehead atoms. The molecule has 1 aliphatic rings. The monoisotopic (exact) mass is 299 g/mol. The molecule has 122 valence electrons. The number of urea groups is 1. The van der Waals surface area contributed by atoms with Crippen LogP contribution in [0.3, 0.4) is 0 Å². The van der Waals surface area contributed by atoms with Gasteiger partial charge in [0, 0.05) is 32.1 Å². The van der Waals surface area contributed by atoms with Crippen LogP contribution in [0.4, 0.5) is 4.79 Å². The fourth-order valence-electron chi connectivity index (χ4n) is 2.84. The number of aliphatic hydroxyl groups is 1. The summed E-state index contributed by atoms with van der Waals surface area (Å²) in [4.78, 5) is 25.7. The minimum absolute atomic E-state index is 0.00687. The van der Waals surface area contributed by atoms with Gasteiger partial charge in [0.1, 0.15) is 0 Å². The lowest BCUT2D eigenvalue weighted by molar-refractivity contribution is -0.123. The number of nitrogens with zero attached hydrogens (tertiary/aromatic N) is 1. The first-order valence-electron chi connectivity index (χ1n) is 7.90. The summed E-state index contributed by atoms with van der Waals surface area (Å²) >= 11 is 0. The van der Waals surface area contributed by atoms with E-state index in [0.717, 1.165) is 12.8 Å². The fraction of sp³-hybridized carbons (Fsp3) is 0.867. The second kappa shape index (κ2) is 8.87. The number of hydrogen-bond donors (Lipinski definition) is 3. The third kappa shape index (κ3) is 5.91. The molecule has 3 amide bonds. The van der Waals surface area contributed by atoms with Crippen LogP contribution in [0.25, 0.3) is 0 Å². The Balaban J connectivity index is 2.49. The number of carbonyl (C=O) groups excluding carboxylic acids is 2. The average Bonchev–Trinajstić information content (AvgIpc) is 2.44. The lowest BCUT2D eigenvalue weighted by Gasteiger charge is -2.38. The summed E-state index contributed by atoms with van der Waals surface area (Å²) in [5.41, 5.74) is 0. The maximum Gasteiger partial charge on any atom is 0.317 e. The highest BCUT2D eigenvalue weighted by Crippen LogP contribution is 2.29. The van der Waals surface area contributed by atoms with Gasteiger partial charge in [-0.15, -0.1) is 0 Å². The van der Waals surface area contributed by atoms with Gasteiger partial charge in [-0.25, -0.2) is 4.79 Å². The normalized spacial score (nSPS) is 22.2. The van der Waals surface area contributed by atoms with Crippen molar-refractivity contribution in [2.45, 2.75) is 46.1 Å². The first kappa shape index (κ1) is 17.8. The van der Waals surface area contributed by atoms with Crippen molar-refractivity contribution in [2.75, 3.05) is 26.2 Å². The first-order valence-corrected chi connectivity index (χ1v) is 7.90. The van der Waals surface area contributed by atoms with Crippen LogP contribution in [-0.4, -0.2) is 54.2 Å². The first-order chi connectivity index (χ1) is 9.97. The predicted molar refractivity (Wildman–Crippen MR) is 81.8 cm³/mol. The van der Waals surface area contributed by atoms with Gasteiger partial charge in [0.2, 0.25) is 5.91 Å². The molecule has 1 heterocycles. The van der Waals surface area contributed by atoms with Crippen LogP contribution >= 0.6 is 0 Å². The van der Waals surface area contributed by atoms with Crippen molar-refractivity contribution in [3.8, 4) is 0 Å². The molecule has 3 N–H and O–H groups in total. The second-order valence-electron chi connectivity index (χ2n) is 6.04. The lowest BCUT2D eigenvalue weighted by Crippen LogP contribution is -2.50. The number of carbonyl (C=O) groups is 2. The van der Waals surface area contributed by atoms with Crippen LogP contribution in [0.2, 0.25) is 0 Å². The van der Waals surface area contributed by atoms with Gasteiger partial charge in [-0.1, -0.05) is 13.3 Å². The molecule has 1 aliphatic heterocycles. The Bertz CT molecular complexity index is 347. The Morgan fingerprint density at radius 2 is 2.05 bits per heavy atom. The zero-order valence-electron chi connectivity index (χ0n) is 13.4. The van der Waals surface area contributed by atoms with Gasteiger partial charge in [-0.3, -0.25) is 4.79 Å². The van der Waals surface area contributed by atoms with Crippen molar-refractivity contribution in [3.63, 3.8) is 0 Å². The molecule has 2 unspecified atom stereocenters. The molecule has 0 aromatic heterocycles. The third-order valence-corrected chi connectivity index (χ3v) is 4.00. The molecule has 0 saturated carbocycles. The van der Waals surface area contributed by atoms with E-state index in [-0.39, 0.29) is 24.6 Å². The van der Waals surface area contributed by atoms with Gasteiger partial charge in [0.05, 0.1) is 6.61 Å². The molecule has 6 nitrogen and oxygen atoms in total. The Labute approximate surface area is 127 Å². The number of amides is 3. The highest BCUT2D eigenvalue weighted by Gasteiger charge is 2.31. The van der Waals surface area contributed by atoms with Crippen molar-refractivity contribution in [3.05, 3.63) is 0 Å². The van der Waals surface area contributed by atoms with Crippen LogP contribution in [0, 0.1) is 11.8 Å². The van der Waals surface area contributed by atoms with E-state index in [2.05, 4.69) is 17.6 Å². The van der Waals surface area contributed by atoms with E-state index in [1.807, 2.05) is 18.7 Å². The van der Waals surface area contributed by atoms with E-state index in [1.165, 1.54) is 0 Å². The van der Waals surface area contributed by atoms with E-state index in [9.17, 15) is 9.59 Å². The maximum atomic E-state index is 12.0. The molecular formula is C15H29N3O3. The van der Waals surface area contributed by atoms with Gasteiger partial charge >= 0.3 is 6.03 Å². The van der Waals surface area contributed by atoms with Crippen LogP contribution < -0.4 is 10.6 Å². The summed E-state index contributed by atoms with van der Waals surface area (Å²) in [5.74, 6) is 0.668. The molecule has 1 saturated heterocycles. The molecule has 6 heteroatoms. The average molecular weight is 299 g/mol. The van der Waals surface area contributed by atoms with Crippen molar-refractivity contribution in [1.82, 2.24) is 15.5 Å². The second-order valence-corrected chi connectivity index (χ2v) is 6.04. The molecule has 1 fully saturated rings. The topological polar surface area (TPSA) is 81.7 Å². The van der Waals surface area contributed by atoms with Crippen LogP contribution in [0.15, 0.2) is 0 Å². The molecular weight excluding hydrogens is 270 g/mol. The molecule has 0 radical (unpaired) electrons. The highest BCUT2D eigenvalue weighted by atomic mass is 16.3. The molecule has 1 rings (SSSR count). The van der Waals surface area contributed by atoms with Crippen molar-refractivity contribution in [2.24, 2.45) is 11.8 Å². The summed E-state index contributed by atoms with van der Waals surface area (Å²) in [6.45, 7) is 7.70. The number of aliphatic hydroxyl groups excluding tert-OH is 1. The number of likely N-dealkylation sites (tertiary alicyclic amines) is 1. The Hall–Kier alpha value is -1.30. The lowest BCUT2D eigenvalue weighted by atomic mass is 9.81. The number of piperidine rings is 1. The smallest absolute Gasteiger partial charge is 0.317 e. The Morgan fingerprint density at radius 3 is 2.62 bits per heavy atom. The summed E-state index contributed by atoms with van der Waals surface area (Å²) < 4.78 is 0. The molecule has 0 aromatic rings. The summed E-state index contributed by atoms with van der Waals surface area (Å²) in [6.07, 6.45) is 2.30. The van der Waals surface area contributed by atoms with Crippen molar-refractivity contribution in [1.29, 1.82) is 0 Å². The zero-order chi connectivity index (χ0) is 15.8. The minimum Gasteiger partial charge on any atom is -0.395 e. The zero-order valence-corrected chi connectivity index (χ0v) is 13.4. The Morgan fingerprint density at radius 1 is 1.33 bits per heavy atom. The highest BCUT2D eigenvalue weighted by molar-refractivity contribution is 5.76. The van der Waals surface area contributed by atoms with Gasteiger partial charge in [-0.05, 0) is 32.1 Å². The quantitative estimate of drug-likeness (QED) is 0.683. The van der Waals surface area contributed by atoms with Gasteiger partial charge < -0.3 is 20.6 Å². The van der Waals surface area contributed by atoms with Gasteiger partial charge in [0.15, 0.2) is 0 Å². The van der Waals surface area contributed by atoms with Crippen LogP contribution in [0.1, 0.15) is 40.0 Å². The molecule has 21 heavy (non-hydrogen) atoms. The van der Waals surface area contributed by atoms with E-state index in [4.69, 9.17) is 5.11 Å². The van der Waals surface area contributed by atoms with Crippen LogP contribution in [-0.2, 0) is 4.79 Å². The molecule has 0 aliphatic carbocycles. The minimum atomic E-state index is -0.0310. The van der Waals surface area contributed by atoms with E-state index < -0.39 is 0 Å². The molecule has 0 aromatic carbocycles. The van der Waals surface area contributed by atoms with Gasteiger partial charge in [0.25, 0.3) is 0 Å². The van der Waals surface area contributed by atoms with Crippen molar-refractivity contribution < 1.29 is 14.7 Å². The predicted octanol–water partition coefficient (Wildman–Crippen LogP) is 0.951. The number of nitrogens with one attached hydrogen (secondary N) is 2. The third-order valence-electron chi connectivity index (χ3n) is 4.00. The SMILES string of the molecule is CCC1CN(C(=O)NC(C)C)CCC1CC(=O)NCCO. The standard InChI is InChI=1S/C15H29N3O3/c1-4-12-10-18(15(21)17-11(2)3)7-5-13(12)9-14(20)16-6-8-19/h11-13,19H,4-10H2,1-3H3,(H,16,20)(H,17,21). The fourth-order valence-corrected chi connectivity index (χ4v) is 2.84. The van der Waals surface area contributed by atoms with E-state index in [1.54, 1.807) is 0 Å². The van der Waals surface area contributed by atoms with Crippen LogP contribution in [0.5, 0.6) is 0 Å². The molecule has 2 atom stereocenters. The maximum absolute atomic E-state index is 12.0. The molecule has 0 spiro atoms. The number of hydrogen-bond acceptors (Lipinski definition) is 3. The number of rotatable bonds is 6. The Kier molecular flexibility index (Phi) is 7.50. The summed E-state index contributed by atoms with van der Waals surface area (Å²) in [5, 5.41) is 14.3. The van der Waals surface area contributed by atoms with Gasteiger partial charge in [-0.2, -0.15) is 0 Å². The largest absolute Gasteiger partial charge is 0.395 e. The summed E-state index contributed by atoms with van der Waals surface area (Å²) in [7, 11) is 0. The van der Waals surface area contributed by atoms with Crippen molar-refractivity contribution >= 4 is 11.9 Å². The van der Waals surface area contributed by atoms with E-state index >= 15 is 0 Å². The summed E-state index contributed by atoms with van der Waals surface area (Å²) in [6, 6.07) is 0.131.